The summed E-state index contributed by atoms with van der Waals surface area (Å²) in [5, 5.41) is -0.109. The quantitative estimate of drug-likeness (QED) is 0.275. The van der Waals surface area contributed by atoms with Crippen molar-refractivity contribution in [3.05, 3.63) is 78.9 Å². The Morgan fingerprint density at radius 2 is 1.72 bits per heavy atom. The standard InChI is InChI=1S/C26H21FN4O6S2/c1-3-39(34,35)24-11-10-16(15-29-24)36-21-13-19-20(31-26(30-19)18-8-4-5-12-28-18)14-22(21)37-25-17(27)7-6-9-23(25)38(2,32)33/h4-15H,3H2,1-2H3,(H,30,31). The lowest BCUT2D eigenvalue weighted by molar-refractivity contribution is 0.393. The van der Waals surface area contributed by atoms with Crippen molar-refractivity contribution in [2.75, 3.05) is 12.0 Å². The molecule has 0 aliphatic rings. The van der Waals surface area contributed by atoms with Gasteiger partial charge in [-0.3, -0.25) is 4.98 Å². The molecule has 0 saturated carbocycles. The minimum atomic E-state index is -3.85. The van der Waals surface area contributed by atoms with Crippen molar-refractivity contribution in [2.45, 2.75) is 16.8 Å². The number of para-hydroxylation sites is 1. The summed E-state index contributed by atoms with van der Waals surface area (Å²) in [5.74, 6) is -0.874. The van der Waals surface area contributed by atoms with Gasteiger partial charge >= 0.3 is 0 Å². The zero-order valence-electron chi connectivity index (χ0n) is 20.6. The summed E-state index contributed by atoms with van der Waals surface area (Å²) < 4.78 is 75.5. The van der Waals surface area contributed by atoms with E-state index < -0.39 is 31.2 Å². The van der Waals surface area contributed by atoms with Gasteiger partial charge in [0.05, 0.1) is 23.0 Å². The summed E-state index contributed by atoms with van der Waals surface area (Å²) in [5.41, 5.74) is 1.51. The molecule has 3 heterocycles. The number of sulfone groups is 2. The lowest BCUT2D eigenvalue weighted by Crippen LogP contribution is -2.05. The fourth-order valence-corrected chi connectivity index (χ4v) is 5.26. The lowest BCUT2D eigenvalue weighted by Gasteiger charge is -2.15. The predicted octanol–water partition coefficient (Wildman–Crippen LogP) is 4.94. The number of H-pyrrole nitrogens is 1. The first kappa shape index (κ1) is 26.3. The Morgan fingerprint density at radius 3 is 2.38 bits per heavy atom. The molecule has 0 amide bonds. The molecule has 1 N–H and O–H groups in total. The maximum atomic E-state index is 14.8. The van der Waals surface area contributed by atoms with E-state index in [9.17, 15) is 21.2 Å². The van der Waals surface area contributed by atoms with Gasteiger partial charge in [-0.05, 0) is 36.4 Å². The Bertz CT molecular complexity index is 1890. The van der Waals surface area contributed by atoms with Crippen LogP contribution in [0.2, 0.25) is 0 Å². The van der Waals surface area contributed by atoms with Crippen LogP contribution in [0.1, 0.15) is 6.92 Å². The zero-order valence-corrected chi connectivity index (χ0v) is 22.3. The molecule has 0 aliphatic heterocycles. The largest absolute Gasteiger partial charge is 0.452 e. The third-order valence-electron chi connectivity index (χ3n) is 5.63. The maximum absolute atomic E-state index is 14.8. The van der Waals surface area contributed by atoms with Crippen molar-refractivity contribution in [2.24, 2.45) is 0 Å². The number of hydrogen-bond acceptors (Lipinski definition) is 9. The molecule has 13 heteroatoms. The van der Waals surface area contributed by atoms with E-state index in [-0.39, 0.29) is 32.9 Å². The minimum absolute atomic E-state index is 0.0400. The second-order valence-corrected chi connectivity index (χ2v) is 12.6. The average molecular weight is 569 g/mol. The monoisotopic (exact) mass is 568 g/mol. The number of aromatic amines is 1. The van der Waals surface area contributed by atoms with Crippen LogP contribution >= 0.6 is 0 Å². The van der Waals surface area contributed by atoms with Crippen LogP contribution in [0.25, 0.3) is 22.6 Å². The van der Waals surface area contributed by atoms with Gasteiger partial charge in [0.25, 0.3) is 0 Å². The molecule has 10 nitrogen and oxygen atoms in total. The van der Waals surface area contributed by atoms with Crippen molar-refractivity contribution in [1.82, 2.24) is 19.9 Å². The summed E-state index contributed by atoms with van der Waals surface area (Å²) in [4.78, 5) is 15.6. The molecule has 5 rings (SSSR count). The fraction of sp³-hybridized carbons (Fsp3) is 0.115. The molecule has 3 aromatic heterocycles. The second kappa shape index (κ2) is 10.1. The molecule has 0 bridgehead atoms. The lowest BCUT2D eigenvalue weighted by atomic mass is 10.2. The number of benzene rings is 2. The van der Waals surface area contributed by atoms with E-state index in [4.69, 9.17) is 9.47 Å². The van der Waals surface area contributed by atoms with Crippen LogP contribution in [0.3, 0.4) is 0 Å². The van der Waals surface area contributed by atoms with E-state index in [1.165, 1.54) is 43.5 Å². The van der Waals surface area contributed by atoms with E-state index in [2.05, 4.69) is 19.9 Å². The molecule has 39 heavy (non-hydrogen) atoms. The molecule has 0 aliphatic carbocycles. The minimum Gasteiger partial charge on any atom is -0.452 e. The van der Waals surface area contributed by atoms with E-state index in [1.807, 2.05) is 0 Å². The normalized spacial score (nSPS) is 12.0. The van der Waals surface area contributed by atoms with Gasteiger partial charge in [-0.25, -0.2) is 31.2 Å². The van der Waals surface area contributed by atoms with Crippen LogP contribution in [0.5, 0.6) is 23.0 Å². The van der Waals surface area contributed by atoms with Crippen molar-refractivity contribution < 1.29 is 30.7 Å². The van der Waals surface area contributed by atoms with Gasteiger partial charge in [0.15, 0.2) is 53.6 Å². The Balaban J connectivity index is 1.62. The van der Waals surface area contributed by atoms with Crippen LogP contribution in [-0.2, 0) is 19.7 Å². The van der Waals surface area contributed by atoms with Crippen molar-refractivity contribution >= 4 is 30.7 Å². The Morgan fingerprint density at radius 1 is 0.923 bits per heavy atom. The van der Waals surface area contributed by atoms with E-state index in [0.717, 1.165) is 12.3 Å². The van der Waals surface area contributed by atoms with Crippen LogP contribution in [-0.4, -0.2) is 48.8 Å². The van der Waals surface area contributed by atoms with E-state index in [0.29, 0.717) is 22.6 Å². The number of nitrogens with zero attached hydrogens (tertiary/aromatic N) is 3. The molecule has 5 aromatic rings. The van der Waals surface area contributed by atoms with Gasteiger partial charge in [-0.2, -0.15) is 0 Å². The first-order chi connectivity index (χ1) is 18.5. The van der Waals surface area contributed by atoms with Gasteiger partial charge in [0.1, 0.15) is 16.3 Å². The fourth-order valence-electron chi connectivity index (χ4n) is 3.68. The summed E-state index contributed by atoms with van der Waals surface area (Å²) in [7, 11) is -7.37. The first-order valence-electron chi connectivity index (χ1n) is 11.5. The van der Waals surface area contributed by atoms with Gasteiger partial charge in [0, 0.05) is 24.6 Å². The number of rotatable bonds is 8. The molecular formula is C26H21FN4O6S2. The van der Waals surface area contributed by atoms with Crippen molar-refractivity contribution in [3.63, 3.8) is 0 Å². The average Bonchev–Trinajstić information content (AvgIpc) is 3.33. The number of fused-ring (bicyclic) bond motifs is 1. The molecule has 0 spiro atoms. The van der Waals surface area contributed by atoms with Gasteiger partial charge in [0.2, 0.25) is 0 Å². The van der Waals surface area contributed by atoms with E-state index >= 15 is 0 Å². The number of halogens is 1. The zero-order chi connectivity index (χ0) is 27.8. The molecule has 200 valence electrons. The summed E-state index contributed by atoms with van der Waals surface area (Å²) in [6.07, 6.45) is 3.79. The second-order valence-electron chi connectivity index (χ2n) is 8.40. The molecular weight excluding hydrogens is 547 g/mol. The van der Waals surface area contributed by atoms with E-state index in [1.54, 1.807) is 30.5 Å². The number of ether oxygens (including phenoxy) is 2. The molecule has 2 aromatic carbocycles. The van der Waals surface area contributed by atoms with Crippen LogP contribution in [0.4, 0.5) is 4.39 Å². The number of imidazole rings is 1. The highest BCUT2D eigenvalue weighted by molar-refractivity contribution is 7.91. The summed E-state index contributed by atoms with van der Waals surface area (Å²) in [6, 6.07) is 14.7. The topological polar surface area (TPSA) is 141 Å². The molecule has 0 unspecified atom stereocenters. The Labute approximate surface area is 223 Å². The molecule has 0 atom stereocenters. The highest BCUT2D eigenvalue weighted by Gasteiger charge is 2.22. The maximum Gasteiger partial charge on any atom is 0.195 e. The van der Waals surface area contributed by atoms with Gasteiger partial charge in [-0.1, -0.05) is 19.1 Å². The van der Waals surface area contributed by atoms with Gasteiger partial charge in [-0.15, -0.1) is 0 Å². The number of hydrogen-bond donors (Lipinski definition) is 1. The van der Waals surface area contributed by atoms with Crippen LogP contribution in [0, 0.1) is 5.82 Å². The highest BCUT2D eigenvalue weighted by atomic mass is 32.2. The number of nitrogens with one attached hydrogen (secondary N) is 1. The SMILES string of the molecule is CCS(=O)(=O)c1ccc(Oc2cc3[nH]c(-c4ccccn4)nc3cc2Oc2c(F)cccc2S(C)(=O)=O)cn1. The third-order valence-corrected chi connectivity index (χ3v) is 8.39. The van der Waals surface area contributed by atoms with Crippen LogP contribution in [0.15, 0.2) is 83.0 Å². The third kappa shape index (κ3) is 5.45. The first-order valence-corrected chi connectivity index (χ1v) is 15.1. The number of aromatic nitrogens is 4. The highest BCUT2D eigenvalue weighted by Crippen LogP contribution is 2.41. The summed E-state index contributed by atoms with van der Waals surface area (Å²) >= 11 is 0. The summed E-state index contributed by atoms with van der Waals surface area (Å²) in [6.45, 7) is 1.51. The Kier molecular flexibility index (Phi) is 6.78. The number of pyridine rings is 2. The van der Waals surface area contributed by atoms with Crippen molar-refractivity contribution in [3.8, 4) is 34.5 Å². The molecule has 0 radical (unpaired) electrons. The van der Waals surface area contributed by atoms with Crippen LogP contribution < -0.4 is 9.47 Å². The Hall–Kier alpha value is -4.36. The smallest absolute Gasteiger partial charge is 0.195 e. The van der Waals surface area contributed by atoms with Gasteiger partial charge < -0.3 is 14.5 Å². The predicted molar refractivity (Wildman–Crippen MR) is 141 cm³/mol. The molecule has 0 saturated heterocycles. The van der Waals surface area contributed by atoms with Crippen molar-refractivity contribution in [1.29, 1.82) is 0 Å². The molecule has 0 fully saturated rings.